The predicted molar refractivity (Wildman–Crippen MR) is 108 cm³/mol. The van der Waals surface area contributed by atoms with Crippen LogP contribution >= 0.6 is 0 Å². The van der Waals surface area contributed by atoms with Gasteiger partial charge in [-0.3, -0.25) is 19.2 Å². The molecule has 31 heavy (non-hydrogen) atoms. The average molecular weight is 432 g/mol. The van der Waals surface area contributed by atoms with Gasteiger partial charge in [-0.2, -0.15) is 0 Å². The van der Waals surface area contributed by atoms with Gasteiger partial charge in [0.2, 0.25) is 5.78 Å². The van der Waals surface area contributed by atoms with E-state index in [1.165, 1.54) is 19.1 Å². The minimum atomic E-state index is -1.84. The van der Waals surface area contributed by atoms with Crippen molar-refractivity contribution in [3.8, 4) is 0 Å². The number of Topliss-reactive ketones (excluding diaryl/α,β-unsaturated/α-hetero) is 2. The molecule has 7 heteroatoms. The highest BCUT2D eigenvalue weighted by Gasteiger charge is 2.71. The Kier molecular flexibility index (Phi) is 4.93. The third-order valence-electron chi connectivity index (χ3n) is 8.65. The van der Waals surface area contributed by atoms with Crippen molar-refractivity contribution in [2.75, 3.05) is 6.61 Å². The number of allylic oxidation sites excluding steroid dienone is 4. The van der Waals surface area contributed by atoms with Crippen molar-refractivity contribution in [1.82, 2.24) is 0 Å². The van der Waals surface area contributed by atoms with Crippen LogP contribution in [0.3, 0.4) is 0 Å². The highest BCUT2D eigenvalue weighted by molar-refractivity contribution is 6.02. The van der Waals surface area contributed by atoms with Crippen LogP contribution in [0, 0.1) is 34.5 Å². The average Bonchev–Trinajstić information content (AvgIpc) is 2.88. The molecule has 0 aromatic carbocycles. The van der Waals surface area contributed by atoms with Gasteiger partial charge in [0.25, 0.3) is 0 Å². The summed E-state index contributed by atoms with van der Waals surface area (Å²) in [7, 11) is 0. The van der Waals surface area contributed by atoms with Gasteiger partial charge >= 0.3 is 5.97 Å². The Hall–Kier alpha value is -2.15. The van der Waals surface area contributed by atoms with E-state index >= 15 is 4.39 Å². The number of carbonyl (C=O) groups is 4. The summed E-state index contributed by atoms with van der Waals surface area (Å²) >= 11 is 0. The molecule has 0 aromatic rings. The number of rotatable bonds is 3. The topological polar surface area (TPSA) is 97.7 Å². The van der Waals surface area contributed by atoms with Crippen molar-refractivity contribution < 1.29 is 33.4 Å². The van der Waals surface area contributed by atoms with E-state index in [0.29, 0.717) is 12.0 Å². The van der Waals surface area contributed by atoms with Gasteiger partial charge in [0.15, 0.2) is 12.4 Å². The summed E-state index contributed by atoms with van der Waals surface area (Å²) < 4.78 is 20.2. The van der Waals surface area contributed by atoms with E-state index in [9.17, 15) is 24.3 Å². The molecule has 0 aliphatic heterocycles. The van der Waals surface area contributed by atoms with Crippen LogP contribution in [-0.4, -0.2) is 46.8 Å². The van der Waals surface area contributed by atoms with Gasteiger partial charge < -0.3 is 9.84 Å². The van der Waals surface area contributed by atoms with E-state index in [4.69, 9.17) is 4.74 Å². The molecule has 0 aromatic heterocycles. The van der Waals surface area contributed by atoms with E-state index in [2.05, 4.69) is 0 Å². The van der Waals surface area contributed by atoms with Crippen LogP contribution in [-0.2, 0) is 23.9 Å². The number of hydrogen-bond acceptors (Lipinski definition) is 6. The Balaban J connectivity index is 1.75. The van der Waals surface area contributed by atoms with Crippen molar-refractivity contribution in [1.29, 1.82) is 0 Å². The molecule has 0 saturated heterocycles. The van der Waals surface area contributed by atoms with Crippen LogP contribution in [0.5, 0.6) is 0 Å². The summed E-state index contributed by atoms with van der Waals surface area (Å²) in [5.41, 5.74) is -3.45. The number of esters is 1. The van der Waals surface area contributed by atoms with Gasteiger partial charge in [-0.25, -0.2) is 4.39 Å². The summed E-state index contributed by atoms with van der Waals surface area (Å²) in [5.74, 6) is -3.23. The number of aliphatic hydroxyl groups is 1. The van der Waals surface area contributed by atoms with Crippen molar-refractivity contribution in [3.63, 3.8) is 0 Å². The number of alkyl halides is 1. The van der Waals surface area contributed by atoms with Gasteiger partial charge in [-0.15, -0.1) is 0 Å². The molecule has 0 amide bonds. The quantitative estimate of drug-likeness (QED) is 0.689. The highest BCUT2D eigenvalue weighted by atomic mass is 19.1. The summed E-state index contributed by atoms with van der Waals surface area (Å²) in [5, 5.41) is 11.6. The molecular weight excluding hydrogens is 403 g/mol. The van der Waals surface area contributed by atoms with Gasteiger partial charge in [0.05, 0.1) is 0 Å². The number of halogens is 1. The smallest absolute Gasteiger partial charge is 0.303 e. The normalized spacial score (nSPS) is 46.0. The van der Waals surface area contributed by atoms with E-state index in [1.54, 1.807) is 19.9 Å². The minimum Gasteiger partial charge on any atom is -0.458 e. The van der Waals surface area contributed by atoms with Gasteiger partial charge in [-0.1, -0.05) is 26.8 Å². The first-order valence-corrected chi connectivity index (χ1v) is 10.9. The van der Waals surface area contributed by atoms with Crippen LogP contribution in [0.1, 0.15) is 47.0 Å². The van der Waals surface area contributed by atoms with Gasteiger partial charge in [-0.05, 0) is 48.3 Å². The maximum absolute atomic E-state index is 15.3. The second-order valence-corrected chi connectivity index (χ2v) is 10.2. The zero-order valence-electron chi connectivity index (χ0n) is 18.3. The maximum Gasteiger partial charge on any atom is 0.303 e. The Morgan fingerprint density at radius 1 is 1.26 bits per heavy atom. The summed E-state index contributed by atoms with van der Waals surface area (Å²) in [4.78, 5) is 49.6. The maximum atomic E-state index is 15.3. The van der Waals surface area contributed by atoms with Gasteiger partial charge in [0, 0.05) is 30.1 Å². The number of carbonyl (C=O) groups excluding carboxylic acids is 4. The monoisotopic (exact) mass is 432 g/mol. The largest absolute Gasteiger partial charge is 0.458 e. The highest BCUT2D eigenvalue weighted by Crippen LogP contribution is 2.67. The number of fused-ring (bicyclic) bond motifs is 5. The summed E-state index contributed by atoms with van der Waals surface area (Å²) in [6.45, 7) is 5.94. The van der Waals surface area contributed by atoms with E-state index < -0.39 is 52.8 Å². The fraction of sp³-hybridized carbons (Fsp3) is 0.667. The van der Waals surface area contributed by atoms with Crippen molar-refractivity contribution in [2.45, 2.75) is 58.7 Å². The standard InChI is InChI=1S/C24H29FO6/c1-12-7-16-15-9-18(25)17-8-14(27)5-6-22(17,3)21(15)19(28)10-23(16,4)24(12,30)20(29)11-31-13(2)26/h5-6,8,12,15-16,18,21,30H,7,9-11H2,1-4H3/t12?,15-,16-,18?,21+,22-,23-,24-/m0/s1. The molecule has 0 spiro atoms. The lowest BCUT2D eigenvalue weighted by atomic mass is 9.46. The first-order chi connectivity index (χ1) is 14.4. The molecule has 4 aliphatic rings. The fourth-order valence-electron chi connectivity index (χ4n) is 7.25. The molecule has 6 nitrogen and oxygen atoms in total. The second-order valence-electron chi connectivity index (χ2n) is 10.2. The van der Waals surface area contributed by atoms with Crippen LogP contribution < -0.4 is 0 Å². The van der Waals surface area contributed by atoms with E-state index in [1.807, 2.05) is 6.92 Å². The van der Waals surface area contributed by atoms with Crippen LogP contribution in [0.25, 0.3) is 0 Å². The number of hydrogen-bond donors (Lipinski definition) is 1. The molecule has 3 fully saturated rings. The second kappa shape index (κ2) is 6.92. The Morgan fingerprint density at radius 2 is 1.94 bits per heavy atom. The van der Waals surface area contributed by atoms with E-state index in [-0.39, 0.29) is 36.2 Å². The Bertz CT molecular complexity index is 936. The Morgan fingerprint density at radius 3 is 2.58 bits per heavy atom. The molecule has 4 rings (SSSR count). The Labute approximate surface area is 180 Å². The SMILES string of the molecule is CC(=O)OCC(=O)[C@@]1(O)C(C)C[C@H]2[C@@H]3CC(F)C4=CC(=O)C=C[C@]4(C)[C@H]3C(=O)C[C@@]21C. The lowest BCUT2D eigenvalue weighted by Gasteiger charge is -2.57. The van der Waals surface area contributed by atoms with E-state index in [0.717, 1.165) is 0 Å². The molecule has 0 heterocycles. The van der Waals surface area contributed by atoms with Crippen LogP contribution in [0.2, 0.25) is 0 Å². The fourth-order valence-corrected chi connectivity index (χ4v) is 7.25. The van der Waals surface area contributed by atoms with Crippen molar-refractivity contribution in [3.05, 3.63) is 23.8 Å². The van der Waals surface area contributed by atoms with Crippen LogP contribution in [0.15, 0.2) is 23.8 Å². The first kappa shape index (κ1) is 22.1. The summed E-state index contributed by atoms with van der Waals surface area (Å²) in [6, 6.07) is 0. The third kappa shape index (κ3) is 2.85. The summed E-state index contributed by atoms with van der Waals surface area (Å²) in [6.07, 6.45) is 3.54. The zero-order valence-corrected chi connectivity index (χ0v) is 18.3. The molecule has 168 valence electrons. The molecule has 1 N–H and O–H groups in total. The predicted octanol–water partition coefficient (Wildman–Crippen LogP) is 2.53. The lowest BCUT2D eigenvalue weighted by Crippen LogP contribution is -2.62. The zero-order chi connectivity index (χ0) is 22.9. The molecule has 2 unspecified atom stereocenters. The molecule has 3 saturated carbocycles. The van der Waals surface area contributed by atoms with Gasteiger partial charge in [0.1, 0.15) is 17.6 Å². The lowest BCUT2D eigenvalue weighted by molar-refractivity contribution is -0.177. The van der Waals surface area contributed by atoms with Crippen LogP contribution in [0.4, 0.5) is 4.39 Å². The molecule has 0 bridgehead atoms. The van der Waals surface area contributed by atoms with Crippen molar-refractivity contribution in [2.24, 2.45) is 34.5 Å². The minimum absolute atomic E-state index is 0.0207. The molecular formula is C24H29FO6. The number of ether oxygens (including phenoxy) is 1. The molecule has 0 radical (unpaired) electrons. The van der Waals surface area contributed by atoms with Crippen molar-refractivity contribution >= 4 is 23.3 Å². The molecule has 4 aliphatic carbocycles. The molecule has 8 atom stereocenters. The third-order valence-corrected chi connectivity index (χ3v) is 8.65. The first-order valence-electron chi connectivity index (χ1n) is 10.9. The number of ketones is 3.